The fraction of sp³-hybridized carbons (Fsp3) is 0.905. The van der Waals surface area contributed by atoms with Crippen molar-refractivity contribution in [1.29, 1.82) is 0 Å². The third-order valence-corrected chi connectivity index (χ3v) is 7.19. The molecule has 0 aromatic heterocycles. The zero-order valence-electron chi connectivity index (χ0n) is 18.6. The van der Waals surface area contributed by atoms with Crippen LogP contribution >= 0.6 is 0 Å². The summed E-state index contributed by atoms with van der Waals surface area (Å²) < 4.78 is 16.0. The summed E-state index contributed by atoms with van der Waals surface area (Å²) in [7, 11) is 1.43. The van der Waals surface area contributed by atoms with E-state index in [9.17, 15) is 9.59 Å². The number of hydrogen-bond donors (Lipinski definition) is 1. The van der Waals surface area contributed by atoms with Crippen molar-refractivity contribution in [3.05, 3.63) is 0 Å². The summed E-state index contributed by atoms with van der Waals surface area (Å²) in [4.78, 5) is 29.2. The molecule has 1 saturated carbocycles. The van der Waals surface area contributed by atoms with Gasteiger partial charge in [-0.25, -0.2) is 14.6 Å². The molecule has 0 spiro atoms. The van der Waals surface area contributed by atoms with Crippen molar-refractivity contribution in [1.82, 2.24) is 20.2 Å². The van der Waals surface area contributed by atoms with Gasteiger partial charge in [0.15, 0.2) is 0 Å². The molecule has 1 aliphatic carbocycles. The van der Waals surface area contributed by atoms with Crippen LogP contribution in [-0.4, -0.2) is 97.2 Å². The molecule has 3 aliphatic heterocycles. The van der Waals surface area contributed by atoms with E-state index in [0.29, 0.717) is 24.4 Å². The number of carbonyl (C=O) groups is 2. The number of rotatable bonds is 3. The first-order valence-electron chi connectivity index (χ1n) is 11.3. The van der Waals surface area contributed by atoms with Crippen LogP contribution in [0.2, 0.25) is 0 Å². The van der Waals surface area contributed by atoms with E-state index in [1.165, 1.54) is 7.11 Å². The van der Waals surface area contributed by atoms with Crippen LogP contribution in [0, 0.1) is 11.8 Å². The van der Waals surface area contributed by atoms with Crippen molar-refractivity contribution in [2.75, 3.05) is 40.0 Å². The maximum absolute atomic E-state index is 12.9. The third-order valence-electron chi connectivity index (χ3n) is 7.19. The van der Waals surface area contributed by atoms with Gasteiger partial charge in [0.05, 0.1) is 50.6 Å². The number of hydrazine groups is 1. The number of nitrogens with zero attached hydrogens (tertiary/aromatic N) is 3. The predicted octanol–water partition coefficient (Wildman–Crippen LogP) is 1.68. The lowest BCUT2D eigenvalue weighted by atomic mass is 9.73. The molecule has 170 valence electrons. The lowest BCUT2D eigenvalue weighted by Crippen LogP contribution is -2.67. The monoisotopic (exact) mass is 424 g/mol. The van der Waals surface area contributed by atoms with Gasteiger partial charge in [-0.05, 0) is 51.9 Å². The molecule has 3 heterocycles. The van der Waals surface area contributed by atoms with Gasteiger partial charge in [-0.3, -0.25) is 10.3 Å². The SMILES string of the molecule is COC(=O)N1C2CCC(C3CNN(C4COC4)C3)CC2N(C(=O)OC(C)C)C[C@@H]1C. The Morgan fingerprint density at radius 2 is 1.83 bits per heavy atom. The number of carbonyl (C=O) groups excluding carboxylic acids is 2. The Labute approximate surface area is 178 Å². The summed E-state index contributed by atoms with van der Waals surface area (Å²) in [5.41, 5.74) is 3.54. The van der Waals surface area contributed by atoms with Gasteiger partial charge < -0.3 is 19.1 Å². The minimum atomic E-state index is -0.300. The van der Waals surface area contributed by atoms with E-state index in [2.05, 4.69) is 10.4 Å². The first kappa shape index (κ1) is 21.6. The lowest BCUT2D eigenvalue weighted by molar-refractivity contribution is -0.0749. The summed E-state index contributed by atoms with van der Waals surface area (Å²) in [5, 5.41) is 2.33. The van der Waals surface area contributed by atoms with E-state index in [1.807, 2.05) is 30.6 Å². The van der Waals surface area contributed by atoms with Gasteiger partial charge in [-0.1, -0.05) is 0 Å². The van der Waals surface area contributed by atoms with Gasteiger partial charge in [0.2, 0.25) is 0 Å². The molecule has 4 aliphatic rings. The number of amides is 2. The molecule has 1 N–H and O–H groups in total. The standard InChI is InChI=1S/C21H36N4O5/c1-13(2)30-20(26)23-9-14(3)25(21(27)28-4)18-6-5-15(7-19(18)23)16-8-22-24(10-16)17-11-29-12-17/h13-19,22H,5-12H2,1-4H3/t14-,15?,16?,18?,19?/m0/s1. The second-order valence-corrected chi connectivity index (χ2v) is 9.48. The molecule has 4 rings (SSSR count). The molecule has 2 amide bonds. The van der Waals surface area contributed by atoms with Gasteiger partial charge in [0.25, 0.3) is 0 Å². The Morgan fingerprint density at radius 3 is 2.47 bits per heavy atom. The molecular formula is C21H36N4O5. The van der Waals surface area contributed by atoms with Crippen molar-refractivity contribution in [2.45, 2.75) is 70.3 Å². The first-order valence-corrected chi connectivity index (χ1v) is 11.3. The van der Waals surface area contributed by atoms with E-state index in [-0.39, 0.29) is 36.4 Å². The molecule has 30 heavy (non-hydrogen) atoms. The minimum absolute atomic E-state index is 0.0253. The zero-order valence-corrected chi connectivity index (χ0v) is 18.6. The number of ether oxygens (including phenoxy) is 3. The van der Waals surface area contributed by atoms with Crippen LogP contribution in [-0.2, 0) is 14.2 Å². The topological polar surface area (TPSA) is 83.6 Å². The summed E-state index contributed by atoms with van der Waals surface area (Å²) in [6, 6.07) is 0.320. The Bertz CT molecular complexity index is 643. The van der Waals surface area contributed by atoms with Gasteiger partial charge >= 0.3 is 12.2 Å². The first-order chi connectivity index (χ1) is 14.4. The van der Waals surface area contributed by atoms with Gasteiger partial charge in [0.1, 0.15) is 0 Å². The van der Waals surface area contributed by atoms with Gasteiger partial charge in [0, 0.05) is 19.6 Å². The van der Waals surface area contributed by atoms with Crippen LogP contribution in [0.3, 0.4) is 0 Å². The summed E-state index contributed by atoms with van der Waals surface area (Å²) >= 11 is 0. The lowest BCUT2D eigenvalue weighted by Gasteiger charge is -2.53. The van der Waals surface area contributed by atoms with Crippen molar-refractivity contribution >= 4 is 12.2 Å². The Morgan fingerprint density at radius 1 is 1.07 bits per heavy atom. The second-order valence-electron chi connectivity index (χ2n) is 9.48. The second kappa shape index (κ2) is 8.88. The molecule has 5 atom stereocenters. The number of fused-ring (bicyclic) bond motifs is 1. The molecule has 0 aromatic carbocycles. The Balaban J connectivity index is 1.49. The minimum Gasteiger partial charge on any atom is -0.453 e. The largest absolute Gasteiger partial charge is 0.453 e. The van der Waals surface area contributed by atoms with Crippen LogP contribution in [0.5, 0.6) is 0 Å². The van der Waals surface area contributed by atoms with Crippen LogP contribution in [0.15, 0.2) is 0 Å². The number of nitrogens with one attached hydrogen (secondary N) is 1. The Hall–Kier alpha value is -1.58. The average molecular weight is 425 g/mol. The van der Waals surface area contributed by atoms with Crippen LogP contribution < -0.4 is 5.43 Å². The van der Waals surface area contributed by atoms with Crippen LogP contribution in [0.1, 0.15) is 40.0 Å². The molecule has 9 nitrogen and oxygen atoms in total. The van der Waals surface area contributed by atoms with Crippen molar-refractivity contribution < 1.29 is 23.8 Å². The highest BCUT2D eigenvalue weighted by Gasteiger charge is 2.49. The fourth-order valence-corrected chi connectivity index (χ4v) is 5.60. The fourth-order valence-electron chi connectivity index (χ4n) is 5.60. The highest BCUT2D eigenvalue weighted by molar-refractivity contribution is 5.72. The number of methoxy groups -OCH3 is 1. The smallest absolute Gasteiger partial charge is 0.410 e. The van der Waals surface area contributed by atoms with E-state index in [4.69, 9.17) is 14.2 Å². The summed E-state index contributed by atoms with van der Waals surface area (Å²) in [5.74, 6) is 1.05. The number of piperazine rings is 1. The molecule has 4 fully saturated rings. The maximum Gasteiger partial charge on any atom is 0.410 e. The maximum atomic E-state index is 12.9. The zero-order chi connectivity index (χ0) is 21.4. The highest BCUT2D eigenvalue weighted by atomic mass is 16.6. The van der Waals surface area contributed by atoms with E-state index < -0.39 is 0 Å². The summed E-state index contributed by atoms with van der Waals surface area (Å²) in [6.07, 6.45) is 2.08. The third kappa shape index (κ3) is 4.11. The molecule has 0 bridgehead atoms. The van der Waals surface area contributed by atoms with Crippen molar-refractivity contribution in [3.8, 4) is 0 Å². The van der Waals surface area contributed by atoms with Crippen molar-refractivity contribution in [3.63, 3.8) is 0 Å². The molecule has 0 aromatic rings. The van der Waals surface area contributed by atoms with E-state index in [1.54, 1.807) is 0 Å². The Kier molecular flexibility index (Phi) is 6.41. The molecule has 4 unspecified atom stereocenters. The molecular weight excluding hydrogens is 388 g/mol. The van der Waals surface area contributed by atoms with E-state index in [0.717, 1.165) is 45.6 Å². The van der Waals surface area contributed by atoms with Crippen LogP contribution in [0.25, 0.3) is 0 Å². The molecule has 0 radical (unpaired) electrons. The normalized spacial score (nSPS) is 35.2. The average Bonchev–Trinajstić information content (AvgIpc) is 3.14. The van der Waals surface area contributed by atoms with Gasteiger partial charge in [-0.2, -0.15) is 0 Å². The summed E-state index contributed by atoms with van der Waals surface area (Å²) in [6.45, 7) is 9.78. The highest BCUT2D eigenvalue weighted by Crippen LogP contribution is 2.40. The van der Waals surface area contributed by atoms with Gasteiger partial charge in [-0.15, -0.1) is 0 Å². The molecule has 9 heteroatoms. The van der Waals surface area contributed by atoms with E-state index >= 15 is 0 Å². The van der Waals surface area contributed by atoms with Crippen molar-refractivity contribution in [2.24, 2.45) is 11.8 Å². The predicted molar refractivity (Wildman–Crippen MR) is 110 cm³/mol. The quantitative estimate of drug-likeness (QED) is 0.738. The number of hydrogen-bond acceptors (Lipinski definition) is 7. The van der Waals surface area contributed by atoms with Crippen LogP contribution in [0.4, 0.5) is 9.59 Å². The molecule has 3 saturated heterocycles.